The first-order valence-corrected chi connectivity index (χ1v) is 12.0. The van der Waals surface area contributed by atoms with Gasteiger partial charge in [-0.1, -0.05) is 0 Å². The van der Waals surface area contributed by atoms with Gasteiger partial charge < -0.3 is 19.7 Å². The van der Waals surface area contributed by atoms with Crippen molar-refractivity contribution in [1.29, 1.82) is 0 Å². The monoisotopic (exact) mass is 489 g/mol. The van der Waals surface area contributed by atoms with E-state index in [4.69, 9.17) is 4.42 Å². The van der Waals surface area contributed by atoms with Gasteiger partial charge in [0.2, 0.25) is 0 Å². The van der Waals surface area contributed by atoms with E-state index < -0.39 is 21.8 Å². The van der Waals surface area contributed by atoms with Gasteiger partial charge in [0, 0.05) is 52.0 Å². The Kier molecular flexibility index (Phi) is 5.54. The van der Waals surface area contributed by atoms with Crippen molar-refractivity contribution in [1.82, 2.24) is 28.2 Å². The summed E-state index contributed by atoms with van der Waals surface area (Å²) in [6, 6.07) is 4.04. The van der Waals surface area contributed by atoms with Crippen LogP contribution >= 0.6 is 0 Å². The van der Waals surface area contributed by atoms with E-state index in [0.717, 1.165) is 0 Å². The molecule has 34 heavy (non-hydrogen) atoms. The molecule has 1 fully saturated rings. The molecule has 0 bridgehead atoms. The van der Waals surface area contributed by atoms with Crippen LogP contribution in [0.15, 0.2) is 46.1 Å². The SMILES string of the molecule is CN1CC=C(c2c(-c3ccc(F)c(O)c3)nc3occn23)NC1=NCCN1CCN(C)S1(=O)=O. The first-order valence-electron chi connectivity index (χ1n) is 10.6. The number of nitrogens with zero attached hydrogens (tertiary/aromatic N) is 6. The molecule has 4 heterocycles. The number of aliphatic imine (C=N–C) groups is 1. The van der Waals surface area contributed by atoms with Gasteiger partial charge in [-0.25, -0.2) is 4.39 Å². The number of guanidine groups is 1. The summed E-state index contributed by atoms with van der Waals surface area (Å²) in [6.07, 6.45) is 5.19. The Morgan fingerprint density at radius 3 is 2.85 bits per heavy atom. The summed E-state index contributed by atoms with van der Waals surface area (Å²) in [4.78, 5) is 11.0. The van der Waals surface area contributed by atoms with E-state index in [1.54, 1.807) is 23.7 Å². The molecule has 0 atom stereocenters. The number of imidazole rings is 1. The van der Waals surface area contributed by atoms with Gasteiger partial charge in [-0.05, 0) is 24.3 Å². The van der Waals surface area contributed by atoms with Gasteiger partial charge in [-0.15, -0.1) is 0 Å². The number of likely N-dealkylation sites (N-methyl/N-ethyl adjacent to an activating group) is 2. The van der Waals surface area contributed by atoms with Crippen molar-refractivity contribution in [3.05, 3.63) is 48.2 Å². The standard InChI is InChI=1S/C21H24FN7O4S/c1-26-7-5-16(24-20(26)23-6-8-28-10-9-27(2)34(28,31)32)19-18(25-21-29(19)11-12-33-21)14-3-4-15(22)17(30)13-14/h3-5,11-13,30H,6-10H2,1-2H3,(H,23,24). The number of phenols is 1. The summed E-state index contributed by atoms with van der Waals surface area (Å²) in [5, 5.41) is 13.2. The van der Waals surface area contributed by atoms with Crippen molar-refractivity contribution in [2.45, 2.75) is 0 Å². The summed E-state index contributed by atoms with van der Waals surface area (Å²) in [7, 11) is 0.0357. The highest BCUT2D eigenvalue weighted by Crippen LogP contribution is 2.32. The average Bonchev–Trinajstić information content (AvgIpc) is 3.46. The number of benzene rings is 1. The maximum Gasteiger partial charge on any atom is 0.306 e. The number of aromatic nitrogens is 2. The third kappa shape index (κ3) is 3.81. The van der Waals surface area contributed by atoms with Crippen LogP contribution in [0, 0.1) is 5.82 Å². The lowest BCUT2D eigenvalue weighted by atomic mass is 10.1. The molecule has 180 valence electrons. The molecular formula is C21H24FN7O4S. The highest BCUT2D eigenvalue weighted by atomic mass is 32.2. The second kappa shape index (κ2) is 8.42. The van der Waals surface area contributed by atoms with Crippen molar-refractivity contribution >= 4 is 27.7 Å². The molecule has 0 spiro atoms. The van der Waals surface area contributed by atoms with Gasteiger partial charge in [0.1, 0.15) is 12.0 Å². The Morgan fingerprint density at radius 1 is 1.29 bits per heavy atom. The largest absolute Gasteiger partial charge is 0.505 e. The van der Waals surface area contributed by atoms with Crippen molar-refractivity contribution < 1.29 is 22.3 Å². The predicted octanol–water partition coefficient (Wildman–Crippen LogP) is 1.16. The lowest BCUT2D eigenvalue weighted by molar-refractivity contribution is 0.432. The molecule has 2 aliphatic heterocycles. The number of rotatable bonds is 5. The van der Waals surface area contributed by atoms with Crippen LogP contribution in [0.3, 0.4) is 0 Å². The molecule has 0 unspecified atom stereocenters. The van der Waals surface area contributed by atoms with Crippen LogP contribution in [-0.4, -0.2) is 89.2 Å². The fourth-order valence-electron chi connectivity index (χ4n) is 3.98. The number of nitrogens with one attached hydrogen (secondary N) is 1. The van der Waals surface area contributed by atoms with E-state index in [-0.39, 0.29) is 6.54 Å². The van der Waals surface area contributed by atoms with Gasteiger partial charge in [0.15, 0.2) is 17.5 Å². The van der Waals surface area contributed by atoms with Gasteiger partial charge in [-0.3, -0.25) is 9.39 Å². The maximum atomic E-state index is 13.6. The zero-order valence-corrected chi connectivity index (χ0v) is 19.5. The number of fused-ring (bicyclic) bond motifs is 1. The number of oxazole rings is 1. The minimum Gasteiger partial charge on any atom is -0.505 e. The molecule has 0 aliphatic carbocycles. The molecular weight excluding hydrogens is 465 g/mol. The number of aromatic hydroxyl groups is 1. The quantitative estimate of drug-likeness (QED) is 0.552. The molecule has 0 radical (unpaired) electrons. The third-order valence-electron chi connectivity index (χ3n) is 5.91. The Hall–Kier alpha value is -3.42. The highest BCUT2D eigenvalue weighted by Gasteiger charge is 2.33. The lowest BCUT2D eigenvalue weighted by Gasteiger charge is -2.27. The first-order chi connectivity index (χ1) is 16.3. The fourth-order valence-corrected chi connectivity index (χ4v) is 5.31. The maximum absolute atomic E-state index is 13.6. The molecule has 0 saturated carbocycles. The fraction of sp³-hybridized carbons (Fsp3) is 0.333. The van der Waals surface area contributed by atoms with Crippen LogP contribution in [0.4, 0.5) is 4.39 Å². The summed E-state index contributed by atoms with van der Waals surface area (Å²) in [6.45, 7) is 2.03. The first kappa shape index (κ1) is 22.4. The van der Waals surface area contributed by atoms with Crippen LogP contribution in [0.25, 0.3) is 22.8 Å². The number of hydrogen-bond donors (Lipinski definition) is 2. The van der Waals surface area contributed by atoms with Crippen molar-refractivity contribution in [2.24, 2.45) is 4.99 Å². The van der Waals surface area contributed by atoms with Crippen LogP contribution in [0.2, 0.25) is 0 Å². The topological polar surface area (TPSA) is 119 Å². The minimum absolute atomic E-state index is 0.281. The lowest BCUT2D eigenvalue weighted by Crippen LogP contribution is -2.42. The number of phenolic OH excluding ortho intramolecular Hbond substituents is 1. The predicted molar refractivity (Wildman–Crippen MR) is 124 cm³/mol. The molecule has 11 nitrogen and oxygen atoms in total. The summed E-state index contributed by atoms with van der Waals surface area (Å²) in [5.41, 5.74) is 2.40. The molecule has 2 aromatic heterocycles. The Labute approximate surface area is 195 Å². The van der Waals surface area contributed by atoms with Gasteiger partial charge in [0.25, 0.3) is 10.2 Å². The second-order valence-corrected chi connectivity index (χ2v) is 10.1. The van der Waals surface area contributed by atoms with Crippen LogP contribution in [0.1, 0.15) is 5.69 Å². The summed E-state index contributed by atoms with van der Waals surface area (Å²) in [5.74, 6) is -0.264. The van der Waals surface area contributed by atoms with E-state index >= 15 is 0 Å². The normalized spacial score (nSPS) is 20.3. The van der Waals surface area contributed by atoms with E-state index in [2.05, 4.69) is 15.3 Å². The molecule has 0 amide bonds. The second-order valence-electron chi connectivity index (χ2n) is 8.09. The molecule has 2 aliphatic rings. The Morgan fingerprint density at radius 2 is 2.12 bits per heavy atom. The summed E-state index contributed by atoms with van der Waals surface area (Å²) < 4.78 is 48.1. The molecule has 13 heteroatoms. The zero-order chi connectivity index (χ0) is 24.0. The van der Waals surface area contributed by atoms with E-state index in [9.17, 15) is 17.9 Å². The van der Waals surface area contributed by atoms with Crippen molar-refractivity contribution in [3.63, 3.8) is 0 Å². The van der Waals surface area contributed by atoms with E-state index in [1.165, 1.54) is 27.0 Å². The van der Waals surface area contributed by atoms with Gasteiger partial charge >= 0.3 is 5.84 Å². The Balaban J connectivity index is 1.43. The molecule has 2 N–H and O–H groups in total. The molecule has 1 saturated heterocycles. The smallest absolute Gasteiger partial charge is 0.306 e. The summed E-state index contributed by atoms with van der Waals surface area (Å²) >= 11 is 0. The van der Waals surface area contributed by atoms with E-state index in [0.29, 0.717) is 60.6 Å². The molecule has 5 rings (SSSR count). The van der Waals surface area contributed by atoms with Crippen molar-refractivity contribution in [3.8, 4) is 17.0 Å². The third-order valence-corrected chi connectivity index (χ3v) is 7.90. The van der Waals surface area contributed by atoms with Crippen molar-refractivity contribution in [2.75, 3.05) is 46.8 Å². The van der Waals surface area contributed by atoms with Gasteiger partial charge in [-0.2, -0.15) is 22.0 Å². The van der Waals surface area contributed by atoms with Crippen LogP contribution in [-0.2, 0) is 10.2 Å². The zero-order valence-electron chi connectivity index (χ0n) is 18.6. The van der Waals surface area contributed by atoms with Crippen LogP contribution in [0.5, 0.6) is 5.75 Å². The Bertz CT molecular complexity index is 1410. The molecule has 1 aromatic carbocycles. The highest BCUT2D eigenvalue weighted by molar-refractivity contribution is 7.87. The van der Waals surface area contributed by atoms with E-state index in [1.807, 2.05) is 18.0 Å². The number of halogens is 1. The number of hydrogen-bond acceptors (Lipinski definition) is 6. The minimum atomic E-state index is -3.41. The van der Waals surface area contributed by atoms with Gasteiger partial charge in [0.05, 0.1) is 17.9 Å². The average molecular weight is 490 g/mol. The molecule has 3 aromatic rings. The van der Waals surface area contributed by atoms with Crippen LogP contribution < -0.4 is 5.32 Å².